The monoisotopic (exact) mass is 297 g/mol. The lowest BCUT2D eigenvalue weighted by Gasteiger charge is -2.41. The van der Waals surface area contributed by atoms with Crippen molar-refractivity contribution in [3.05, 3.63) is 0 Å². The second-order valence-corrected chi connectivity index (χ2v) is 6.70. The molecule has 5 heteroatoms. The molecule has 1 aliphatic heterocycles. The van der Waals surface area contributed by atoms with Gasteiger partial charge in [0.25, 0.3) is 0 Å². The SMILES string of the molecule is CC[C@]1(C(=O)O)CCCN(C(=O)C2CCC(CO)CC2)C1. The van der Waals surface area contributed by atoms with E-state index >= 15 is 0 Å². The van der Waals surface area contributed by atoms with Gasteiger partial charge in [0.15, 0.2) is 0 Å². The Morgan fingerprint density at radius 3 is 2.43 bits per heavy atom. The predicted molar refractivity (Wildman–Crippen MR) is 78.7 cm³/mol. The van der Waals surface area contributed by atoms with E-state index in [2.05, 4.69) is 0 Å². The molecule has 0 aromatic heterocycles. The molecular formula is C16H27NO4. The van der Waals surface area contributed by atoms with E-state index in [4.69, 9.17) is 5.11 Å². The molecule has 2 aliphatic rings. The van der Waals surface area contributed by atoms with E-state index in [9.17, 15) is 14.7 Å². The minimum atomic E-state index is -0.772. The van der Waals surface area contributed by atoms with E-state index in [1.165, 1.54) is 0 Å². The molecule has 0 radical (unpaired) electrons. The summed E-state index contributed by atoms with van der Waals surface area (Å²) in [6, 6.07) is 0. The number of hydrogen-bond donors (Lipinski definition) is 2. The van der Waals surface area contributed by atoms with Crippen LogP contribution in [0.4, 0.5) is 0 Å². The van der Waals surface area contributed by atoms with Gasteiger partial charge in [0.2, 0.25) is 5.91 Å². The fourth-order valence-corrected chi connectivity index (χ4v) is 3.78. The van der Waals surface area contributed by atoms with E-state index in [1.54, 1.807) is 4.90 Å². The number of aliphatic carboxylic acids is 1. The molecule has 0 spiro atoms. The van der Waals surface area contributed by atoms with Gasteiger partial charge in [-0.1, -0.05) is 6.92 Å². The summed E-state index contributed by atoms with van der Waals surface area (Å²) in [5, 5.41) is 18.7. The number of rotatable bonds is 4. The van der Waals surface area contributed by atoms with Crippen LogP contribution in [0.1, 0.15) is 51.9 Å². The second-order valence-electron chi connectivity index (χ2n) is 6.70. The molecule has 0 unspecified atom stereocenters. The minimum absolute atomic E-state index is 0.0225. The van der Waals surface area contributed by atoms with Gasteiger partial charge >= 0.3 is 5.97 Å². The normalized spacial score (nSPS) is 33.7. The van der Waals surface area contributed by atoms with Crippen molar-refractivity contribution in [2.45, 2.75) is 51.9 Å². The number of piperidine rings is 1. The van der Waals surface area contributed by atoms with Crippen LogP contribution in [0.15, 0.2) is 0 Å². The Kier molecular flexibility index (Phi) is 5.25. The molecule has 1 aliphatic carbocycles. The number of carboxylic acid groups (broad SMARTS) is 1. The van der Waals surface area contributed by atoms with Gasteiger partial charge < -0.3 is 15.1 Å². The van der Waals surface area contributed by atoms with Crippen molar-refractivity contribution in [1.82, 2.24) is 4.90 Å². The van der Waals surface area contributed by atoms with Crippen LogP contribution in [0.25, 0.3) is 0 Å². The molecule has 0 aromatic rings. The number of hydrogen-bond acceptors (Lipinski definition) is 3. The molecule has 1 amide bonds. The molecule has 1 atom stereocenters. The number of carbonyl (C=O) groups is 2. The van der Waals surface area contributed by atoms with E-state index in [1.807, 2.05) is 6.92 Å². The first kappa shape index (κ1) is 16.3. The van der Waals surface area contributed by atoms with Crippen LogP contribution in [-0.4, -0.2) is 46.7 Å². The van der Waals surface area contributed by atoms with Gasteiger partial charge in [-0.2, -0.15) is 0 Å². The van der Waals surface area contributed by atoms with Crippen LogP contribution >= 0.6 is 0 Å². The third-order valence-corrected chi connectivity index (χ3v) is 5.47. The molecule has 1 heterocycles. The van der Waals surface area contributed by atoms with Gasteiger partial charge in [0.1, 0.15) is 0 Å². The highest BCUT2D eigenvalue weighted by Crippen LogP contribution is 2.36. The van der Waals surface area contributed by atoms with Crippen molar-refractivity contribution in [3.8, 4) is 0 Å². The lowest BCUT2D eigenvalue weighted by molar-refractivity contribution is -0.156. The van der Waals surface area contributed by atoms with Gasteiger partial charge in [-0.05, 0) is 50.9 Å². The summed E-state index contributed by atoms with van der Waals surface area (Å²) >= 11 is 0. The molecular weight excluding hydrogens is 270 g/mol. The Morgan fingerprint density at radius 1 is 1.24 bits per heavy atom. The zero-order valence-corrected chi connectivity index (χ0v) is 12.9. The van der Waals surface area contributed by atoms with Crippen molar-refractivity contribution >= 4 is 11.9 Å². The largest absolute Gasteiger partial charge is 0.481 e. The Balaban J connectivity index is 1.98. The maximum absolute atomic E-state index is 12.6. The van der Waals surface area contributed by atoms with E-state index in [-0.39, 0.29) is 18.4 Å². The van der Waals surface area contributed by atoms with E-state index < -0.39 is 11.4 Å². The average Bonchev–Trinajstić information content (AvgIpc) is 2.54. The summed E-state index contributed by atoms with van der Waals surface area (Å²) in [5.41, 5.74) is -0.754. The molecule has 21 heavy (non-hydrogen) atoms. The second kappa shape index (κ2) is 6.77. The molecule has 2 N–H and O–H groups in total. The number of carbonyl (C=O) groups excluding carboxylic acids is 1. The molecule has 0 bridgehead atoms. The number of aliphatic hydroxyl groups excluding tert-OH is 1. The zero-order valence-electron chi connectivity index (χ0n) is 12.9. The third kappa shape index (κ3) is 3.39. The first-order valence-corrected chi connectivity index (χ1v) is 8.15. The quantitative estimate of drug-likeness (QED) is 0.830. The van der Waals surface area contributed by atoms with Gasteiger partial charge in [-0.3, -0.25) is 9.59 Å². The van der Waals surface area contributed by atoms with Gasteiger partial charge in [-0.25, -0.2) is 0 Å². The maximum Gasteiger partial charge on any atom is 0.311 e. The highest BCUT2D eigenvalue weighted by atomic mass is 16.4. The van der Waals surface area contributed by atoms with Crippen molar-refractivity contribution in [3.63, 3.8) is 0 Å². The number of nitrogens with zero attached hydrogens (tertiary/aromatic N) is 1. The molecule has 2 rings (SSSR count). The average molecular weight is 297 g/mol. The van der Waals surface area contributed by atoms with Crippen LogP contribution in [0.2, 0.25) is 0 Å². The van der Waals surface area contributed by atoms with Crippen molar-refractivity contribution in [2.24, 2.45) is 17.3 Å². The van der Waals surface area contributed by atoms with Crippen molar-refractivity contribution in [1.29, 1.82) is 0 Å². The first-order chi connectivity index (χ1) is 10.0. The minimum Gasteiger partial charge on any atom is -0.481 e. The summed E-state index contributed by atoms with van der Waals surface area (Å²) in [4.78, 5) is 26.0. The summed E-state index contributed by atoms with van der Waals surface area (Å²) in [6.07, 6.45) is 5.47. The molecule has 1 saturated carbocycles. The van der Waals surface area contributed by atoms with Crippen molar-refractivity contribution < 1.29 is 19.8 Å². The smallest absolute Gasteiger partial charge is 0.311 e. The van der Waals surface area contributed by atoms with Crippen LogP contribution in [-0.2, 0) is 9.59 Å². The molecule has 2 fully saturated rings. The van der Waals surface area contributed by atoms with Gasteiger partial charge in [-0.15, -0.1) is 0 Å². The first-order valence-electron chi connectivity index (χ1n) is 8.15. The van der Waals surface area contributed by atoms with Crippen LogP contribution in [0.5, 0.6) is 0 Å². The van der Waals surface area contributed by atoms with E-state index in [0.29, 0.717) is 31.8 Å². The summed E-state index contributed by atoms with van der Waals surface area (Å²) < 4.78 is 0. The molecule has 5 nitrogen and oxygen atoms in total. The number of carboxylic acids is 1. The maximum atomic E-state index is 12.6. The highest BCUT2D eigenvalue weighted by Gasteiger charge is 2.43. The fraction of sp³-hybridized carbons (Fsp3) is 0.875. The van der Waals surface area contributed by atoms with Gasteiger partial charge in [0.05, 0.1) is 5.41 Å². The number of aliphatic hydroxyl groups is 1. The standard InChI is InChI=1S/C16H27NO4/c1-2-16(15(20)21)8-3-9-17(11-16)14(19)13-6-4-12(10-18)5-7-13/h12-13,18H,2-11H2,1H3,(H,20,21)/t12?,13?,16-/m0/s1. The molecule has 0 aromatic carbocycles. The number of amides is 1. The third-order valence-electron chi connectivity index (χ3n) is 5.47. The number of likely N-dealkylation sites (tertiary alicyclic amines) is 1. The summed E-state index contributed by atoms with van der Waals surface area (Å²) in [6.45, 7) is 3.16. The van der Waals surface area contributed by atoms with E-state index in [0.717, 1.165) is 32.1 Å². The fourth-order valence-electron chi connectivity index (χ4n) is 3.78. The summed E-state index contributed by atoms with van der Waals surface area (Å²) in [7, 11) is 0. The van der Waals surface area contributed by atoms with Crippen molar-refractivity contribution in [2.75, 3.05) is 19.7 Å². The zero-order chi connectivity index (χ0) is 15.5. The lowest BCUT2D eigenvalue weighted by atomic mass is 9.76. The Bertz CT molecular complexity index is 390. The molecule has 1 saturated heterocycles. The van der Waals surface area contributed by atoms with Gasteiger partial charge in [0, 0.05) is 25.6 Å². The Hall–Kier alpha value is -1.10. The van der Waals surface area contributed by atoms with Crippen LogP contribution < -0.4 is 0 Å². The molecule has 120 valence electrons. The van der Waals surface area contributed by atoms with Crippen LogP contribution in [0.3, 0.4) is 0 Å². The Labute approximate surface area is 126 Å². The topological polar surface area (TPSA) is 77.8 Å². The summed E-state index contributed by atoms with van der Waals surface area (Å²) in [5.74, 6) is -0.282. The lowest BCUT2D eigenvalue weighted by Crippen LogP contribution is -2.51. The van der Waals surface area contributed by atoms with Crippen LogP contribution in [0, 0.1) is 17.3 Å². The Morgan fingerprint density at radius 2 is 1.90 bits per heavy atom. The highest BCUT2D eigenvalue weighted by molar-refractivity contribution is 5.81. The predicted octanol–water partition coefficient (Wildman–Crippen LogP) is 1.89.